The molecule has 0 radical (unpaired) electrons. The molecular weight excluding hydrogens is 427 g/mol. The van der Waals surface area contributed by atoms with Crippen molar-refractivity contribution >= 4 is 23.8 Å². The summed E-state index contributed by atoms with van der Waals surface area (Å²) in [6, 6.07) is -2.19. The SMILES string of the molecule is CCCCCCCC(=O)N[C@H](CC(N)=O)C(=O)NCCNC(=O)n1cc(F)c(=O)[nH]c1=O. The zero-order chi connectivity index (χ0) is 24.1. The average molecular weight is 456 g/mol. The Morgan fingerprint density at radius 2 is 1.75 bits per heavy atom. The fourth-order valence-electron chi connectivity index (χ4n) is 2.73. The molecule has 1 rings (SSSR count). The standard InChI is InChI=1S/C19H29FN6O6/c1-2-3-4-5-6-7-15(28)24-13(10-14(21)27)17(30)22-8-9-23-18(31)26-11-12(20)16(29)25-19(26)32/h11,13H,2-10H2,1H3,(H2,21,27)(H,22,30)(H,23,31)(H,24,28)(H,25,29,32)/t13-/m1/s1. The molecule has 0 aromatic carbocycles. The Bertz CT molecular complexity index is 928. The van der Waals surface area contributed by atoms with Gasteiger partial charge < -0.3 is 21.7 Å². The molecule has 32 heavy (non-hydrogen) atoms. The fourth-order valence-corrected chi connectivity index (χ4v) is 2.73. The average Bonchev–Trinajstić information content (AvgIpc) is 2.72. The van der Waals surface area contributed by atoms with E-state index in [1.807, 2.05) is 0 Å². The maximum atomic E-state index is 13.2. The van der Waals surface area contributed by atoms with Crippen molar-refractivity contribution in [1.29, 1.82) is 0 Å². The van der Waals surface area contributed by atoms with E-state index in [9.17, 15) is 33.2 Å². The lowest BCUT2D eigenvalue weighted by Crippen LogP contribution is -2.50. The highest BCUT2D eigenvalue weighted by molar-refractivity contribution is 5.91. The molecule has 0 saturated carbocycles. The second-order valence-electron chi connectivity index (χ2n) is 7.08. The highest BCUT2D eigenvalue weighted by Gasteiger charge is 2.22. The van der Waals surface area contributed by atoms with E-state index >= 15 is 0 Å². The minimum Gasteiger partial charge on any atom is -0.370 e. The number of unbranched alkanes of at least 4 members (excludes halogenated alkanes) is 4. The molecule has 1 atom stereocenters. The summed E-state index contributed by atoms with van der Waals surface area (Å²) >= 11 is 0. The third-order valence-electron chi connectivity index (χ3n) is 4.38. The van der Waals surface area contributed by atoms with Gasteiger partial charge in [0.25, 0.3) is 5.56 Å². The summed E-state index contributed by atoms with van der Waals surface area (Å²) in [4.78, 5) is 71.6. The quantitative estimate of drug-likeness (QED) is 0.239. The number of hydrogen-bond donors (Lipinski definition) is 5. The van der Waals surface area contributed by atoms with E-state index in [2.05, 4.69) is 22.9 Å². The van der Waals surface area contributed by atoms with Crippen LogP contribution in [-0.4, -0.2) is 52.4 Å². The summed E-state index contributed by atoms with van der Waals surface area (Å²) in [6.45, 7) is 1.80. The van der Waals surface area contributed by atoms with Crippen LogP contribution in [-0.2, 0) is 14.4 Å². The smallest absolute Gasteiger partial charge is 0.336 e. The summed E-state index contributed by atoms with van der Waals surface area (Å²) in [7, 11) is 0. The van der Waals surface area contributed by atoms with Crippen molar-refractivity contribution in [3.8, 4) is 0 Å². The molecule has 0 bridgehead atoms. The van der Waals surface area contributed by atoms with Gasteiger partial charge in [0.1, 0.15) is 6.04 Å². The molecule has 0 saturated heterocycles. The Hall–Kier alpha value is -3.51. The van der Waals surface area contributed by atoms with Gasteiger partial charge in [-0.2, -0.15) is 4.39 Å². The summed E-state index contributed by atoms with van der Waals surface area (Å²) in [5.41, 5.74) is 2.76. The Balaban J connectivity index is 2.50. The van der Waals surface area contributed by atoms with Gasteiger partial charge in [-0.05, 0) is 6.42 Å². The molecule has 0 aliphatic rings. The van der Waals surface area contributed by atoms with Gasteiger partial charge in [0.05, 0.1) is 12.6 Å². The van der Waals surface area contributed by atoms with Crippen molar-refractivity contribution in [1.82, 2.24) is 25.5 Å². The topological polar surface area (TPSA) is 185 Å². The van der Waals surface area contributed by atoms with Crippen LogP contribution in [0.15, 0.2) is 15.8 Å². The fraction of sp³-hybridized carbons (Fsp3) is 0.579. The molecule has 178 valence electrons. The molecule has 1 heterocycles. The molecule has 0 fully saturated rings. The molecule has 13 heteroatoms. The molecule has 0 spiro atoms. The van der Waals surface area contributed by atoms with Crippen LogP contribution in [0.5, 0.6) is 0 Å². The number of carbonyl (C=O) groups excluding carboxylic acids is 4. The van der Waals surface area contributed by atoms with Crippen LogP contribution in [0.3, 0.4) is 0 Å². The minimum absolute atomic E-state index is 0.118. The molecule has 0 aliphatic heterocycles. The Morgan fingerprint density at radius 3 is 2.41 bits per heavy atom. The Kier molecular flexibility index (Phi) is 11.4. The van der Waals surface area contributed by atoms with E-state index in [1.165, 1.54) is 0 Å². The first-order valence-corrected chi connectivity index (χ1v) is 10.3. The van der Waals surface area contributed by atoms with Gasteiger partial charge in [0, 0.05) is 19.5 Å². The number of aromatic amines is 1. The number of halogens is 1. The first kappa shape index (κ1) is 26.5. The lowest BCUT2D eigenvalue weighted by Gasteiger charge is -2.17. The molecule has 4 amide bonds. The van der Waals surface area contributed by atoms with Crippen LogP contribution >= 0.6 is 0 Å². The minimum atomic E-state index is -1.32. The number of hydrogen-bond acceptors (Lipinski definition) is 6. The highest BCUT2D eigenvalue weighted by Crippen LogP contribution is 2.05. The largest absolute Gasteiger partial charge is 0.370 e. The lowest BCUT2D eigenvalue weighted by atomic mass is 10.1. The van der Waals surface area contributed by atoms with Crippen LogP contribution in [0.2, 0.25) is 0 Å². The van der Waals surface area contributed by atoms with Crippen LogP contribution in [0.1, 0.15) is 51.9 Å². The number of H-pyrrole nitrogens is 1. The molecule has 12 nitrogen and oxygen atoms in total. The highest BCUT2D eigenvalue weighted by atomic mass is 19.1. The molecule has 0 unspecified atom stereocenters. The number of amides is 4. The zero-order valence-corrected chi connectivity index (χ0v) is 17.9. The van der Waals surface area contributed by atoms with Crippen LogP contribution in [0.4, 0.5) is 9.18 Å². The summed E-state index contributed by atoms with van der Waals surface area (Å²) in [5.74, 6) is -3.15. The first-order valence-electron chi connectivity index (χ1n) is 10.3. The number of nitrogens with one attached hydrogen (secondary N) is 4. The second-order valence-corrected chi connectivity index (χ2v) is 7.08. The number of aromatic nitrogens is 2. The third-order valence-corrected chi connectivity index (χ3v) is 4.38. The van der Waals surface area contributed by atoms with Gasteiger partial charge >= 0.3 is 11.7 Å². The monoisotopic (exact) mass is 456 g/mol. The predicted octanol–water partition coefficient (Wildman–Crippen LogP) is -0.930. The first-order chi connectivity index (χ1) is 15.1. The molecule has 1 aromatic rings. The van der Waals surface area contributed by atoms with E-state index in [0.717, 1.165) is 25.7 Å². The zero-order valence-electron chi connectivity index (χ0n) is 17.9. The van der Waals surface area contributed by atoms with Crippen molar-refractivity contribution in [3.63, 3.8) is 0 Å². The van der Waals surface area contributed by atoms with Crippen molar-refractivity contribution in [2.45, 2.75) is 57.9 Å². The van der Waals surface area contributed by atoms with Crippen molar-refractivity contribution in [2.24, 2.45) is 5.73 Å². The van der Waals surface area contributed by atoms with Crippen molar-refractivity contribution in [3.05, 3.63) is 32.9 Å². The number of nitrogens with zero attached hydrogens (tertiary/aromatic N) is 1. The van der Waals surface area contributed by atoms with Gasteiger partial charge in [-0.15, -0.1) is 0 Å². The third kappa shape index (κ3) is 9.53. The molecule has 6 N–H and O–H groups in total. The van der Waals surface area contributed by atoms with Gasteiger partial charge in [0.15, 0.2) is 0 Å². The van der Waals surface area contributed by atoms with Gasteiger partial charge in [-0.3, -0.25) is 24.2 Å². The molecule has 0 aliphatic carbocycles. The number of rotatable bonds is 13. The van der Waals surface area contributed by atoms with E-state index in [4.69, 9.17) is 5.73 Å². The predicted molar refractivity (Wildman–Crippen MR) is 112 cm³/mol. The van der Waals surface area contributed by atoms with Crippen LogP contribution in [0, 0.1) is 5.82 Å². The van der Waals surface area contributed by atoms with E-state index in [1.54, 1.807) is 4.98 Å². The lowest BCUT2D eigenvalue weighted by molar-refractivity contribution is -0.131. The Labute approximate surface area is 183 Å². The summed E-state index contributed by atoms with van der Waals surface area (Å²) < 4.78 is 13.6. The van der Waals surface area contributed by atoms with E-state index in [0.29, 0.717) is 17.2 Å². The number of primary amides is 1. The second kappa shape index (κ2) is 13.7. The summed E-state index contributed by atoms with van der Waals surface area (Å²) in [6.07, 6.45) is 4.97. The summed E-state index contributed by atoms with van der Waals surface area (Å²) in [5, 5.41) is 7.15. The van der Waals surface area contributed by atoms with Crippen LogP contribution < -0.4 is 32.9 Å². The Morgan fingerprint density at radius 1 is 1.09 bits per heavy atom. The van der Waals surface area contributed by atoms with Crippen LogP contribution in [0.25, 0.3) is 0 Å². The van der Waals surface area contributed by atoms with Crippen molar-refractivity contribution < 1.29 is 23.6 Å². The van der Waals surface area contributed by atoms with Gasteiger partial charge in [-0.1, -0.05) is 32.6 Å². The van der Waals surface area contributed by atoms with Crippen molar-refractivity contribution in [2.75, 3.05) is 13.1 Å². The normalized spacial score (nSPS) is 11.4. The van der Waals surface area contributed by atoms with E-state index in [-0.39, 0.29) is 25.4 Å². The number of carbonyl (C=O) groups is 4. The van der Waals surface area contributed by atoms with Gasteiger partial charge in [-0.25, -0.2) is 14.2 Å². The van der Waals surface area contributed by atoms with E-state index < -0.39 is 47.4 Å². The van der Waals surface area contributed by atoms with Gasteiger partial charge in [0.2, 0.25) is 23.5 Å². The molecule has 1 aromatic heterocycles. The number of nitrogens with two attached hydrogens (primary N) is 1. The maximum absolute atomic E-state index is 13.2. The maximum Gasteiger partial charge on any atom is 0.336 e. The molecular formula is C19H29FN6O6.